The van der Waals surface area contributed by atoms with Crippen LogP contribution in [-0.4, -0.2) is 46.8 Å². The van der Waals surface area contributed by atoms with E-state index >= 15 is 0 Å². The Bertz CT molecular complexity index is 864. The Morgan fingerprint density at radius 1 is 1.35 bits per heavy atom. The van der Waals surface area contributed by atoms with E-state index in [-0.39, 0.29) is 6.03 Å². The fourth-order valence-electron chi connectivity index (χ4n) is 1.87. The third kappa shape index (κ3) is 3.21. The second kappa shape index (κ2) is 6.16. The third-order valence-electron chi connectivity index (χ3n) is 3.04. The summed E-state index contributed by atoms with van der Waals surface area (Å²) < 4.78 is 2.82. The highest BCUT2D eigenvalue weighted by Crippen LogP contribution is 2.17. The Hall–Kier alpha value is -2.75. The quantitative estimate of drug-likeness (QED) is 0.706. The topological polar surface area (TPSA) is 102 Å². The maximum Gasteiger partial charge on any atom is 0.332 e. The summed E-state index contributed by atoms with van der Waals surface area (Å²) in [6.07, 6.45) is 3.35. The number of hydrogen-bond donors (Lipinski definition) is 2. The van der Waals surface area contributed by atoms with Gasteiger partial charge in [0.1, 0.15) is 22.7 Å². The van der Waals surface area contributed by atoms with Crippen molar-refractivity contribution in [3.05, 3.63) is 24.5 Å². The second-order valence-corrected chi connectivity index (χ2v) is 5.20. The minimum Gasteiger partial charge on any atom is -0.291 e. The van der Waals surface area contributed by atoms with Gasteiger partial charge >= 0.3 is 6.03 Å². The predicted molar refractivity (Wildman–Crippen MR) is 87.7 cm³/mol. The van der Waals surface area contributed by atoms with Crippen molar-refractivity contribution in [1.82, 2.24) is 34.3 Å². The van der Waals surface area contributed by atoms with E-state index in [2.05, 4.69) is 43.4 Å². The number of hydrogen-bond acceptors (Lipinski definition) is 7. The van der Waals surface area contributed by atoms with Crippen LogP contribution in [0.1, 0.15) is 6.92 Å². The van der Waals surface area contributed by atoms with Crippen LogP contribution < -0.4 is 5.32 Å². The average molecular weight is 330 g/mol. The molecule has 23 heavy (non-hydrogen) atoms. The van der Waals surface area contributed by atoms with Crippen molar-refractivity contribution in [2.45, 2.75) is 6.92 Å². The molecule has 0 radical (unpaired) electrons. The number of carbonyl (C=O) groups is 1. The molecule has 9 nitrogen and oxygen atoms in total. The normalized spacial score (nSPS) is 10.7. The Labute approximate surface area is 137 Å². The lowest BCUT2D eigenvalue weighted by Crippen LogP contribution is -2.27. The van der Waals surface area contributed by atoms with E-state index in [0.717, 1.165) is 0 Å². The van der Waals surface area contributed by atoms with Gasteiger partial charge in [0.2, 0.25) is 0 Å². The zero-order valence-electron chi connectivity index (χ0n) is 12.5. The molecule has 3 rings (SSSR count). The van der Waals surface area contributed by atoms with Crippen molar-refractivity contribution < 1.29 is 4.79 Å². The zero-order chi connectivity index (χ0) is 16.4. The molecular weight excluding hydrogens is 316 g/mol. The van der Waals surface area contributed by atoms with E-state index in [1.807, 2.05) is 6.92 Å². The molecule has 3 aromatic heterocycles. The number of carbonyl (C=O) groups excluding carboxylic acids is 1. The van der Waals surface area contributed by atoms with Gasteiger partial charge < -0.3 is 0 Å². The largest absolute Gasteiger partial charge is 0.332 e. The average Bonchev–Trinajstić information content (AvgIpc) is 2.99. The van der Waals surface area contributed by atoms with Crippen LogP contribution in [0.3, 0.4) is 0 Å². The summed E-state index contributed by atoms with van der Waals surface area (Å²) in [7, 11) is 1.77. The van der Waals surface area contributed by atoms with Crippen molar-refractivity contribution in [3.8, 4) is 11.4 Å². The Balaban J connectivity index is 1.93. The monoisotopic (exact) mass is 330 g/mol. The van der Waals surface area contributed by atoms with Crippen molar-refractivity contribution >= 4 is 35.8 Å². The van der Waals surface area contributed by atoms with E-state index in [4.69, 9.17) is 0 Å². The maximum absolute atomic E-state index is 11.8. The third-order valence-corrected chi connectivity index (χ3v) is 3.51. The first-order chi connectivity index (χ1) is 11.1. The van der Waals surface area contributed by atoms with Gasteiger partial charge in [0.25, 0.3) is 0 Å². The van der Waals surface area contributed by atoms with Gasteiger partial charge in [-0.05, 0) is 19.1 Å². The van der Waals surface area contributed by atoms with E-state index in [9.17, 15) is 4.79 Å². The van der Waals surface area contributed by atoms with Gasteiger partial charge in [-0.25, -0.2) is 14.8 Å². The van der Waals surface area contributed by atoms with Crippen molar-refractivity contribution in [2.24, 2.45) is 7.05 Å². The van der Waals surface area contributed by atoms with Gasteiger partial charge in [-0.1, -0.05) is 18.0 Å². The smallest absolute Gasteiger partial charge is 0.291 e. The summed E-state index contributed by atoms with van der Waals surface area (Å²) in [5.74, 6) is 0.376. The molecule has 0 aliphatic heterocycles. The van der Waals surface area contributed by atoms with Gasteiger partial charge in [0, 0.05) is 13.6 Å². The fraction of sp³-hybridized carbons (Fsp3) is 0.231. The van der Waals surface area contributed by atoms with E-state index in [0.29, 0.717) is 34.9 Å². The van der Waals surface area contributed by atoms with Crippen LogP contribution in [0.15, 0.2) is 24.5 Å². The van der Waals surface area contributed by atoms with Gasteiger partial charge in [0.15, 0.2) is 5.65 Å². The van der Waals surface area contributed by atoms with E-state index in [1.165, 1.54) is 4.31 Å². The maximum atomic E-state index is 11.8. The molecule has 0 bridgehead atoms. The summed E-state index contributed by atoms with van der Waals surface area (Å²) in [6.45, 7) is 2.29. The number of urea groups is 1. The number of aromatic nitrogens is 6. The molecule has 10 heteroatoms. The molecule has 1 N–H and O–H groups in total. The van der Waals surface area contributed by atoms with Crippen LogP contribution in [-0.2, 0) is 7.05 Å². The second-order valence-electron chi connectivity index (χ2n) is 4.72. The Morgan fingerprint density at radius 2 is 2.17 bits per heavy atom. The van der Waals surface area contributed by atoms with E-state index < -0.39 is 0 Å². The van der Waals surface area contributed by atoms with Gasteiger partial charge in [-0.2, -0.15) is 0 Å². The van der Waals surface area contributed by atoms with E-state index in [1.54, 1.807) is 36.3 Å². The van der Waals surface area contributed by atoms with Crippen LogP contribution in [0.25, 0.3) is 22.6 Å². The van der Waals surface area contributed by atoms with Gasteiger partial charge in [-0.3, -0.25) is 19.3 Å². The molecule has 0 saturated carbocycles. The molecule has 3 heterocycles. The molecule has 0 atom stereocenters. The molecule has 0 aromatic carbocycles. The standard InChI is InChI=1S/C13H14N8OS/c1-3-21(23)13(22)17-11-5-4-8-12(16-11)15-9(6-14-8)10-7-20(2)19-18-10/h4-7,23H,3H2,1-2H3,(H,15,16,17,22). The molecule has 0 unspecified atom stereocenters. The highest BCUT2D eigenvalue weighted by molar-refractivity contribution is 7.78. The predicted octanol–water partition coefficient (Wildman–Crippen LogP) is 1.52. The summed E-state index contributed by atoms with van der Waals surface area (Å²) >= 11 is 4.04. The van der Waals surface area contributed by atoms with Gasteiger partial charge in [0.05, 0.1) is 12.4 Å². The number of thiol groups is 1. The SMILES string of the molecule is CCN(S)C(=O)Nc1ccc2ncc(-c3cn(C)nn3)nc2n1. The van der Waals surface area contributed by atoms with Gasteiger partial charge in [-0.15, -0.1) is 5.10 Å². The van der Waals surface area contributed by atoms with Crippen LogP contribution in [0.2, 0.25) is 0 Å². The summed E-state index contributed by atoms with van der Waals surface area (Å²) in [4.78, 5) is 24.8. The summed E-state index contributed by atoms with van der Waals surface area (Å²) in [5, 5.41) is 10.5. The lowest BCUT2D eigenvalue weighted by molar-refractivity contribution is 0.240. The molecule has 0 saturated heterocycles. The summed E-state index contributed by atoms with van der Waals surface area (Å²) in [6, 6.07) is 3.04. The first-order valence-corrected chi connectivity index (χ1v) is 7.24. The van der Waals surface area contributed by atoms with Crippen molar-refractivity contribution in [2.75, 3.05) is 11.9 Å². The van der Waals surface area contributed by atoms with Crippen LogP contribution in [0.4, 0.5) is 10.6 Å². The first kappa shape index (κ1) is 15.2. The number of anilines is 1. The molecular formula is C13H14N8OS. The molecule has 0 fully saturated rings. The van der Waals surface area contributed by atoms with Crippen molar-refractivity contribution in [3.63, 3.8) is 0 Å². The number of rotatable bonds is 3. The van der Waals surface area contributed by atoms with Crippen molar-refractivity contribution in [1.29, 1.82) is 0 Å². The molecule has 0 spiro atoms. The molecule has 2 amide bonds. The zero-order valence-corrected chi connectivity index (χ0v) is 13.4. The number of nitrogens with zero attached hydrogens (tertiary/aromatic N) is 7. The lowest BCUT2D eigenvalue weighted by Gasteiger charge is -2.13. The molecule has 0 aliphatic rings. The fourth-order valence-corrected chi connectivity index (χ4v) is 1.92. The highest BCUT2D eigenvalue weighted by Gasteiger charge is 2.11. The Kier molecular flexibility index (Phi) is 4.06. The minimum atomic E-state index is -0.360. The number of pyridine rings is 1. The number of nitrogens with one attached hydrogen (secondary N) is 1. The van der Waals surface area contributed by atoms with Crippen LogP contribution in [0.5, 0.6) is 0 Å². The first-order valence-electron chi connectivity index (χ1n) is 6.84. The molecule has 0 aliphatic carbocycles. The summed E-state index contributed by atoms with van der Waals surface area (Å²) in [5.41, 5.74) is 2.19. The van der Waals surface area contributed by atoms with Crippen LogP contribution in [0, 0.1) is 0 Å². The number of fused-ring (bicyclic) bond motifs is 1. The highest BCUT2D eigenvalue weighted by atomic mass is 32.1. The number of amides is 2. The molecule has 118 valence electrons. The van der Waals surface area contributed by atoms with Crippen LogP contribution >= 0.6 is 12.8 Å². The molecule has 3 aromatic rings. The lowest BCUT2D eigenvalue weighted by atomic mass is 10.3. The minimum absolute atomic E-state index is 0.360. The number of aryl methyl sites for hydroxylation is 1. The Morgan fingerprint density at radius 3 is 2.87 bits per heavy atom.